The Morgan fingerprint density at radius 1 is 1.37 bits per heavy atom. The van der Waals surface area contributed by atoms with Crippen LogP contribution in [0.2, 0.25) is 0 Å². The van der Waals surface area contributed by atoms with Crippen LogP contribution in [0.5, 0.6) is 5.75 Å². The molecule has 19 heavy (non-hydrogen) atoms. The predicted molar refractivity (Wildman–Crippen MR) is 77.5 cm³/mol. The van der Waals surface area contributed by atoms with Crippen molar-refractivity contribution >= 4 is 17.7 Å². The molecule has 0 saturated carbocycles. The van der Waals surface area contributed by atoms with E-state index in [0.29, 0.717) is 11.8 Å². The molecule has 0 spiro atoms. The molecule has 0 radical (unpaired) electrons. The van der Waals surface area contributed by atoms with Crippen LogP contribution in [0.15, 0.2) is 29.2 Å². The van der Waals surface area contributed by atoms with Gasteiger partial charge in [0.25, 0.3) is 0 Å². The molecule has 0 aliphatic carbocycles. The number of hydrogen-bond donors (Lipinski definition) is 2. The van der Waals surface area contributed by atoms with E-state index in [-0.39, 0.29) is 11.7 Å². The average molecular weight is 280 g/mol. The lowest BCUT2D eigenvalue weighted by molar-refractivity contribution is -0.129. The van der Waals surface area contributed by atoms with Crippen molar-refractivity contribution in [3.8, 4) is 5.75 Å². The van der Waals surface area contributed by atoms with Gasteiger partial charge in [-0.25, -0.2) is 0 Å². The number of nitrogens with zero attached hydrogens (tertiary/aromatic N) is 1. The fourth-order valence-corrected chi connectivity index (χ4v) is 3.01. The third kappa shape index (κ3) is 4.14. The van der Waals surface area contributed by atoms with Gasteiger partial charge in [-0.05, 0) is 50.2 Å². The van der Waals surface area contributed by atoms with Crippen molar-refractivity contribution in [2.45, 2.75) is 23.8 Å². The molecule has 1 aliphatic heterocycles. The van der Waals surface area contributed by atoms with E-state index in [4.69, 9.17) is 0 Å². The summed E-state index contributed by atoms with van der Waals surface area (Å²) in [6, 6.07) is 7.32. The largest absolute Gasteiger partial charge is 0.508 e. The van der Waals surface area contributed by atoms with Gasteiger partial charge in [0.05, 0.1) is 5.75 Å². The minimum absolute atomic E-state index is 0.171. The van der Waals surface area contributed by atoms with Crippen LogP contribution in [0.25, 0.3) is 0 Å². The number of phenolic OH excluding ortho intramolecular Hbond substituents is 1. The maximum atomic E-state index is 12.1. The summed E-state index contributed by atoms with van der Waals surface area (Å²) in [6.07, 6.45) is 2.07. The average Bonchev–Trinajstić information content (AvgIpc) is 2.46. The minimum atomic E-state index is 0.171. The van der Waals surface area contributed by atoms with Gasteiger partial charge in [0.2, 0.25) is 5.91 Å². The Morgan fingerprint density at radius 2 is 2.00 bits per heavy atom. The summed E-state index contributed by atoms with van der Waals surface area (Å²) >= 11 is 1.51. The van der Waals surface area contributed by atoms with Gasteiger partial charge in [0.15, 0.2) is 0 Å². The second-order valence-corrected chi connectivity index (χ2v) is 5.82. The molecule has 1 saturated heterocycles. The Kier molecular flexibility index (Phi) is 5.10. The summed E-state index contributed by atoms with van der Waals surface area (Å²) in [5.41, 5.74) is 0. The van der Waals surface area contributed by atoms with Crippen molar-refractivity contribution < 1.29 is 9.90 Å². The first-order chi connectivity index (χ1) is 9.16. The van der Waals surface area contributed by atoms with Crippen LogP contribution in [-0.4, -0.2) is 47.8 Å². The topological polar surface area (TPSA) is 52.6 Å². The number of nitrogens with one attached hydrogen (secondary N) is 1. The SMILES string of the molecule is CN(C(=O)CSc1ccc(O)cc1)C1CCNCC1. The zero-order valence-corrected chi connectivity index (χ0v) is 11.9. The van der Waals surface area contributed by atoms with E-state index in [1.165, 1.54) is 11.8 Å². The number of phenols is 1. The molecule has 1 aliphatic rings. The fourth-order valence-electron chi connectivity index (χ4n) is 2.19. The number of hydrogen-bond acceptors (Lipinski definition) is 4. The predicted octanol–water partition coefficient (Wildman–Crippen LogP) is 1.69. The lowest BCUT2D eigenvalue weighted by Crippen LogP contribution is -2.44. The molecule has 0 bridgehead atoms. The maximum Gasteiger partial charge on any atom is 0.232 e. The zero-order chi connectivity index (χ0) is 13.7. The molecule has 1 fully saturated rings. The van der Waals surface area contributed by atoms with Crippen molar-refractivity contribution in [2.24, 2.45) is 0 Å². The summed E-state index contributed by atoms with van der Waals surface area (Å²) in [6.45, 7) is 1.99. The molecular weight excluding hydrogens is 260 g/mol. The van der Waals surface area contributed by atoms with Gasteiger partial charge in [0, 0.05) is 18.0 Å². The van der Waals surface area contributed by atoms with E-state index in [0.717, 1.165) is 30.8 Å². The molecule has 1 aromatic carbocycles. The van der Waals surface area contributed by atoms with Crippen LogP contribution in [0.1, 0.15) is 12.8 Å². The number of thioether (sulfide) groups is 1. The van der Waals surface area contributed by atoms with Gasteiger partial charge in [-0.3, -0.25) is 4.79 Å². The molecule has 0 unspecified atom stereocenters. The first-order valence-corrected chi connectivity index (χ1v) is 7.53. The summed E-state index contributed by atoms with van der Waals surface area (Å²) in [4.78, 5) is 15.0. The highest BCUT2D eigenvalue weighted by molar-refractivity contribution is 8.00. The van der Waals surface area contributed by atoms with E-state index in [2.05, 4.69) is 5.32 Å². The normalized spacial score (nSPS) is 16.3. The van der Waals surface area contributed by atoms with Gasteiger partial charge in [0.1, 0.15) is 5.75 Å². The fraction of sp³-hybridized carbons (Fsp3) is 0.500. The maximum absolute atomic E-state index is 12.1. The van der Waals surface area contributed by atoms with Gasteiger partial charge in [-0.2, -0.15) is 0 Å². The summed E-state index contributed by atoms with van der Waals surface area (Å²) in [5.74, 6) is 0.873. The van der Waals surface area contributed by atoms with Crippen LogP contribution >= 0.6 is 11.8 Å². The minimum Gasteiger partial charge on any atom is -0.508 e. The van der Waals surface area contributed by atoms with E-state index < -0.39 is 0 Å². The molecule has 4 nitrogen and oxygen atoms in total. The Morgan fingerprint density at radius 3 is 2.63 bits per heavy atom. The number of benzene rings is 1. The van der Waals surface area contributed by atoms with E-state index >= 15 is 0 Å². The molecular formula is C14H20N2O2S. The highest BCUT2D eigenvalue weighted by Gasteiger charge is 2.21. The number of piperidine rings is 1. The van der Waals surface area contributed by atoms with Crippen molar-refractivity contribution in [3.05, 3.63) is 24.3 Å². The Balaban J connectivity index is 1.81. The Hall–Kier alpha value is -1.20. The van der Waals surface area contributed by atoms with Gasteiger partial charge < -0.3 is 15.3 Å². The van der Waals surface area contributed by atoms with Gasteiger partial charge in [-0.1, -0.05) is 0 Å². The summed E-state index contributed by atoms with van der Waals surface area (Å²) in [7, 11) is 1.90. The standard InChI is InChI=1S/C14H20N2O2S/c1-16(11-6-8-15-9-7-11)14(18)10-19-13-4-2-12(17)3-5-13/h2-5,11,15,17H,6-10H2,1H3. The lowest BCUT2D eigenvalue weighted by atomic mass is 10.1. The van der Waals surface area contributed by atoms with Crippen molar-refractivity contribution in [3.63, 3.8) is 0 Å². The number of aromatic hydroxyl groups is 1. The smallest absolute Gasteiger partial charge is 0.232 e. The number of carbonyl (C=O) groups is 1. The molecule has 2 rings (SSSR count). The van der Waals surface area contributed by atoms with Crippen molar-refractivity contribution in [2.75, 3.05) is 25.9 Å². The third-order valence-electron chi connectivity index (χ3n) is 3.45. The Bertz CT molecular complexity index is 416. The quantitative estimate of drug-likeness (QED) is 0.824. The van der Waals surface area contributed by atoms with Gasteiger partial charge in [-0.15, -0.1) is 11.8 Å². The van der Waals surface area contributed by atoms with Crippen molar-refractivity contribution in [1.82, 2.24) is 10.2 Å². The molecule has 1 aromatic rings. The van der Waals surface area contributed by atoms with E-state index in [9.17, 15) is 9.90 Å². The van der Waals surface area contributed by atoms with Crippen LogP contribution in [0.4, 0.5) is 0 Å². The van der Waals surface area contributed by atoms with E-state index in [1.54, 1.807) is 12.1 Å². The number of rotatable bonds is 4. The van der Waals surface area contributed by atoms with Crippen LogP contribution in [-0.2, 0) is 4.79 Å². The molecule has 2 N–H and O–H groups in total. The Labute approximate surface area is 118 Å². The van der Waals surface area contributed by atoms with Crippen molar-refractivity contribution in [1.29, 1.82) is 0 Å². The van der Waals surface area contributed by atoms with Crippen LogP contribution < -0.4 is 5.32 Å². The molecule has 0 aromatic heterocycles. The highest BCUT2D eigenvalue weighted by Crippen LogP contribution is 2.21. The summed E-state index contributed by atoms with van der Waals surface area (Å²) in [5, 5.41) is 12.5. The first kappa shape index (κ1) is 14.2. The highest BCUT2D eigenvalue weighted by atomic mass is 32.2. The second kappa shape index (κ2) is 6.82. The van der Waals surface area contributed by atoms with Gasteiger partial charge >= 0.3 is 0 Å². The number of amides is 1. The lowest BCUT2D eigenvalue weighted by Gasteiger charge is -2.31. The second-order valence-electron chi connectivity index (χ2n) is 4.77. The monoisotopic (exact) mass is 280 g/mol. The molecule has 5 heteroatoms. The summed E-state index contributed by atoms with van der Waals surface area (Å²) < 4.78 is 0. The molecule has 1 heterocycles. The molecule has 104 valence electrons. The molecule has 0 atom stereocenters. The third-order valence-corrected chi connectivity index (χ3v) is 4.45. The van der Waals surface area contributed by atoms with Crippen LogP contribution in [0.3, 0.4) is 0 Å². The first-order valence-electron chi connectivity index (χ1n) is 6.55. The van der Waals surface area contributed by atoms with E-state index in [1.807, 2.05) is 24.1 Å². The number of carbonyl (C=O) groups excluding carboxylic acids is 1. The molecule has 1 amide bonds. The van der Waals surface area contributed by atoms with Crippen LogP contribution in [0, 0.1) is 0 Å². The zero-order valence-electron chi connectivity index (χ0n) is 11.1.